The topological polar surface area (TPSA) is 3.24 Å². The fraction of sp³-hybridized carbons (Fsp3) is 0.273. The lowest BCUT2D eigenvalue weighted by Gasteiger charge is -2.05. The number of likely N-dealkylation sites (N-methyl/N-ethyl adjacent to an activating group) is 1. The molecule has 1 nitrogen and oxygen atoms in total. The van der Waals surface area contributed by atoms with Gasteiger partial charge in [-0.1, -0.05) is 48.0 Å². The second-order valence-electron chi connectivity index (χ2n) is 3.18. The van der Waals surface area contributed by atoms with Crippen LogP contribution in [0.4, 0.5) is 0 Å². The predicted molar refractivity (Wildman–Crippen MR) is 58.8 cm³/mol. The van der Waals surface area contributed by atoms with Crippen LogP contribution in [-0.4, -0.2) is 25.5 Å². The van der Waals surface area contributed by atoms with Gasteiger partial charge in [-0.15, -0.1) is 0 Å². The summed E-state index contributed by atoms with van der Waals surface area (Å²) in [5.74, 6) is 0. The van der Waals surface area contributed by atoms with Gasteiger partial charge in [-0.05, 0) is 19.7 Å². The highest BCUT2D eigenvalue weighted by Gasteiger charge is 1.95. The summed E-state index contributed by atoms with van der Waals surface area (Å²) in [4.78, 5) is 2.07. The van der Waals surface area contributed by atoms with Gasteiger partial charge in [-0.25, -0.2) is 0 Å². The van der Waals surface area contributed by atoms with Crippen LogP contribution in [0.15, 0.2) is 36.4 Å². The first-order valence-electron chi connectivity index (χ1n) is 4.26. The molecule has 0 radical (unpaired) electrons. The Kier molecular flexibility index (Phi) is 4.00. The summed E-state index contributed by atoms with van der Waals surface area (Å²) >= 11 is 6.08. The Labute approximate surface area is 84.6 Å². The fourth-order valence-corrected chi connectivity index (χ4v) is 1.17. The van der Waals surface area contributed by atoms with Gasteiger partial charge in [0, 0.05) is 11.6 Å². The molecule has 70 valence electrons. The molecule has 0 bridgehead atoms. The van der Waals surface area contributed by atoms with E-state index in [1.165, 1.54) is 0 Å². The molecule has 0 heterocycles. The average Bonchev–Trinajstić information content (AvgIpc) is 2.15. The largest absolute Gasteiger partial charge is 0.306 e. The first-order valence-corrected chi connectivity index (χ1v) is 4.64. The molecular formula is C11H14ClN. The van der Waals surface area contributed by atoms with E-state index in [0.29, 0.717) is 0 Å². The molecule has 0 spiro atoms. The van der Waals surface area contributed by atoms with E-state index in [2.05, 4.69) is 4.90 Å². The minimum atomic E-state index is 0.814. The van der Waals surface area contributed by atoms with Crippen LogP contribution in [0.25, 0.3) is 5.03 Å². The molecule has 0 N–H and O–H groups in total. The Hall–Kier alpha value is -0.790. The third-order valence-electron chi connectivity index (χ3n) is 1.69. The van der Waals surface area contributed by atoms with Crippen molar-refractivity contribution in [1.29, 1.82) is 0 Å². The van der Waals surface area contributed by atoms with Gasteiger partial charge in [0.2, 0.25) is 0 Å². The number of hydrogen-bond donors (Lipinski definition) is 0. The van der Waals surface area contributed by atoms with Crippen LogP contribution in [0.3, 0.4) is 0 Å². The van der Waals surface area contributed by atoms with Crippen LogP contribution in [0, 0.1) is 0 Å². The van der Waals surface area contributed by atoms with E-state index in [-0.39, 0.29) is 0 Å². The van der Waals surface area contributed by atoms with E-state index in [4.69, 9.17) is 11.6 Å². The van der Waals surface area contributed by atoms with Crippen molar-refractivity contribution in [1.82, 2.24) is 4.90 Å². The lowest BCUT2D eigenvalue weighted by molar-refractivity contribution is 0.457. The van der Waals surface area contributed by atoms with E-state index < -0.39 is 0 Å². The Bertz CT molecular complexity index is 277. The van der Waals surface area contributed by atoms with Crippen LogP contribution in [0.2, 0.25) is 0 Å². The van der Waals surface area contributed by atoms with Crippen molar-refractivity contribution in [3.8, 4) is 0 Å². The summed E-state index contributed by atoms with van der Waals surface area (Å²) in [5.41, 5.74) is 1.08. The van der Waals surface area contributed by atoms with Crippen molar-refractivity contribution in [2.24, 2.45) is 0 Å². The smallest absolute Gasteiger partial charge is 0.0451 e. The third-order valence-corrected chi connectivity index (χ3v) is 2.06. The van der Waals surface area contributed by atoms with Gasteiger partial charge < -0.3 is 4.90 Å². The zero-order valence-corrected chi connectivity index (χ0v) is 8.75. The van der Waals surface area contributed by atoms with E-state index in [9.17, 15) is 0 Å². The third kappa shape index (κ3) is 3.62. The molecule has 0 aliphatic carbocycles. The maximum atomic E-state index is 6.08. The molecule has 1 rings (SSSR count). The number of hydrogen-bond acceptors (Lipinski definition) is 1. The maximum Gasteiger partial charge on any atom is 0.0451 e. The first-order chi connectivity index (χ1) is 6.20. The van der Waals surface area contributed by atoms with Crippen LogP contribution in [-0.2, 0) is 0 Å². The summed E-state index contributed by atoms with van der Waals surface area (Å²) in [5, 5.41) is 0.814. The van der Waals surface area contributed by atoms with Crippen molar-refractivity contribution in [2.75, 3.05) is 20.6 Å². The molecular weight excluding hydrogens is 182 g/mol. The van der Waals surface area contributed by atoms with Gasteiger partial charge >= 0.3 is 0 Å². The minimum Gasteiger partial charge on any atom is -0.306 e. The highest BCUT2D eigenvalue weighted by atomic mass is 35.5. The zero-order chi connectivity index (χ0) is 9.68. The Morgan fingerprint density at radius 3 is 2.46 bits per heavy atom. The molecule has 0 saturated carbocycles. The van der Waals surface area contributed by atoms with Crippen LogP contribution in [0.1, 0.15) is 5.56 Å². The highest BCUT2D eigenvalue weighted by molar-refractivity contribution is 6.48. The average molecular weight is 196 g/mol. The van der Waals surface area contributed by atoms with Crippen molar-refractivity contribution >= 4 is 16.6 Å². The zero-order valence-electron chi connectivity index (χ0n) is 8.00. The fourth-order valence-electron chi connectivity index (χ4n) is 0.978. The molecule has 0 saturated heterocycles. The maximum absolute atomic E-state index is 6.08. The number of halogens is 1. The first kappa shape index (κ1) is 10.3. The van der Waals surface area contributed by atoms with Crippen LogP contribution >= 0.6 is 11.6 Å². The lowest BCUT2D eigenvalue weighted by Crippen LogP contribution is -2.10. The summed E-state index contributed by atoms with van der Waals surface area (Å²) in [6.07, 6.45) is 2.01. The summed E-state index contributed by atoms with van der Waals surface area (Å²) in [6.45, 7) is 0.869. The van der Waals surface area contributed by atoms with E-state index in [0.717, 1.165) is 17.1 Å². The van der Waals surface area contributed by atoms with Gasteiger partial charge in [-0.2, -0.15) is 0 Å². The molecule has 0 aliphatic rings. The molecule has 1 aromatic rings. The lowest BCUT2D eigenvalue weighted by atomic mass is 10.2. The molecule has 13 heavy (non-hydrogen) atoms. The molecule has 0 aromatic heterocycles. The van der Waals surface area contributed by atoms with Crippen molar-refractivity contribution in [2.45, 2.75) is 0 Å². The Balaban J connectivity index is 2.68. The molecule has 0 aliphatic heterocycles. The van der Waals surface area contributed by atoms with Gasteiger partial charge in [0.05, 0.1) is 0 Å². The number of nitrogens with zero attached hydrogens (tertiary/aromatic N) is 1. The van der Waals surface area contributed by atoms with Gasteiger partial charge in [0.25, 0.3) is 0 Å². The highest BCUT2D eigenvalue weighted by Crippen LogP contribution is 2.17. The summed E-state index contributed by atoms with van der Waals surface area (Å²) < 4.78 is 0. The Morgan fingerprint density at radius 1 is 1.31 bits per heavy atom. The Morgan fingerprint density at radius 2 is 1.92 bits per heavy atom. The molecule has 0 atom stereocenters. The molecule has 0 amide bonds. The van der Waals surface area contributed by atoms with Crippen molar-refractivity contribution in [3.05, 3.63) is 42.0 Å². The normalized spacial score (nSPS) is 12.2. The SMILES string of the molecule is CN(C)C/C=C(\Cl)c1ccccc1. The summed E-state index contributed by atoms with van der Waals surface area (Å²) in [7, 11) is 4.04. The van der Waals surface area contributed by atoms with E-state index >= 15 is 0 Å². The van der Waals surface area contributed by atoms with Crippen molar-refractivity contribution < 1.29 is 0 Å². The standard InChI is InChI=1S/C11H14ClN/c1-13(2)9-8-11(12)10-6-4-3-5-7-10/h3-8H,9H2,1-2H3/b11-8-. The van der Waals surface area contributed by atoms with Gasteiger partial charge in [0.1, 0.15) is 0 Å². The van der Waals surface area contributed by atoms with Crippen molar-refractivity contribution in [3.63, 3.8) is 0 Å². The number of rotatable bonds is 3. The van der Waals surface area contributed by atoms with Gasteiger partial charge in [-0.3, -0.25) is 0 Å². The van der Waals surface area contributed by atoms with E-state index in [1.54, 1.807) is 0 Å². The molecule has 0 fully saturated rings. The van der Waals surface area contributed by atoms with Crippen LogP contribution in [0.5, 0.6) is 0 Å². The monoisotopic (exact) mass is 195 g/mol. The minimum absolute atomic E-state index is 0.814. The molecule has 2 heteroatoms. The summed E-state index contributed by atoms with van der Waals surface area (Å²) in [6, 6.07) is 9.98. The van der Waals surface area contributed by atoms with E-state index in [1.807, 2.05) is 50.5 Å². The quantitative estimate of drug-likeness (QED) is 0.717. The van der Waals surface area contributed by atoms with Gasteiger partial charge in [0.15, 0.2) is 0 Å². The molecule has 0 unspecified atom stereocenters. The van der Waals surface area contributed by atoms with Crippen LogP contribution < -0.4 is 0 Å². The predicted octanol–water partition coefficient (Wildman–Crippen LogP) is 2.83. The second-order valence-corrected chi connectivity index (χ2v) is 3.59. The number of benzene rings is 1. The molecule has 1 aromatic carbocycles. The second kappa shape index (κ2) is 5.05.